The van der Waals surface area contributed by atoms with Gasteiger partial charge in [0.1, 0.15) is 13.2 Å². The van der Waals surface area contributed by atoms with Gasteiger partial charge in [0.05, 0.1) is 6.61 Å². The van der Waals surface area contributed by atoms with Gasteiger partial charge in [-0.2, -0.15) is 0 Å². The van der Waals surface area contributed by atoms with Crippen LogP contribution in [0.1, 0.15) is 5.56 Å². The molecule has 0 aromatic heterocycles. The molecule has 0 unspecified atom stereocenters. The van der Waals surface area contributed by atoms with Gasteiger partial charge in [-0.3, -0.25) is 0 Å². The number of ether oxygens (including phenoxy) is 2. The normalized spacial score (nSPS) is 10.3. The molecule has 0 saturated heterocycles. The highest BCUT2D eigenvalue weighted by atomic mass is 19.2. The molecule has 0 fully saturated rings. The summed E-state index contributed by atoms with van der Waals surface area (Å²) in [5.41, 5.74) is 0.127. The van der Waals surface area contributed by atoms with Crippen LogP contribution in [0, 0.1) is 11.6 Å². The molecule has 5 heteroatoms. The van der Waals surface area contributed by atoms with Crippen LogP contribution >= 0.6 is 0 Å². The fraction of sp³-hybridized carbons (Fsp3) is 0.200. The molecule has 2 rings (SSSR count). The largest absolute Gasteiger partial charge is 0.487 e. The third kappa shape index (κ3) is 3.45. The third-order valence-corrected chi connectivity index (χ3v) is 2.61. The van der Waals surface area contributed by atoms with Gasteiger partial charge in [-0.25, -0.2) is 8.78 Å². The molecule has 0 aliphatic rings. The van der Waals surface area contributed by atoms with Crippen molar-refractivity contribution in [3.8, 4) is 11.5 Å². The third-order valence-electron chi connectivity index (χ3n) is 2.61. The molecule has 0 amide bonds. The van der Waals surface area contributed by atoms with Gasteiger partial charge in [0.25, 0.3) is 0 Å². The fourth-order valence-electron chi connectivity index (χ4n) is 1.66. The van der Waals surface area contributed by atoms with Crippen molar-refractivity contribution in [1.82, 2.24) is 0 Å². The summed E-state index contributed by atoms with van der Waals surface area (Å²) < 4.78 is 37.3. The van der Waals surface area contributed by atoms with Crippen LogP contribution in [0.3, 0.4) is 0 Å². The topological polar surface area (TPSA) is 38.7 Å². The van der Waals surface area contributed by atoms with Gasteiger partial charge < -0.3 is 14.6 Å². The molecular weight excluding hydrogens is 266 g/mol. The number of para-hydroxylation sites is 2. The lowest BCUT2D eigenvalue weighted by atomic mass is 10.2. The monoisotopic (exact) mass is 280 g/mol. The van der Waals surface area contributed by atoms with Crippen LogP contribution < -0.4 is 9.47 Å². The number of hydrogen-bond donors (Lipinski definition) is 1. The van der Waals surface area contributed by atoms with Crippen molar-refractivity contribution in [3.05, 3.63) is 59.7 Å². The quantitative estimate of drug-likeness (QED) is 0.884. The average Bonchev–Trinajstić information content (AvgIpc) is 2.47. The van der Waals surface area contributed by atoms with Crippen molar-refractivity contribution in [2.75, 3.05) is 13.2 Å². The van der Waals surface area contributed by atoms with Gasteiger partial charge in [-0.15, -0.1) is 0 Å². The number of rotatable bonds is 6. The van der Waals surface area contributed by atoms with Crippen LogP contribution in [0.4, 0.5) is 8.78 Å². The molecule has 0 saturated carbocycles. The number of aliphatic hydroxyl groups is 1. The minimum atomic E-state index is -0.916. The minimum absolute atomic E-state index is 0.108. The first-order valence-corrected chi connectivity index (χ1v) is 6.10. The standard InChI is InChI=1S/C15H14F2O3/c16-12-5-3-4-11(15(12)17)10-20-14-7-2-1-6-13(14)19-9-8-18/h1-7,18H,8-10H2. The summed E-state index contributed by atoms with van der Waals surface area (Å²) in [7, 11) is 0. The first-order valence-electron chi connectivity index (χ1n) is 6.10. The molecule has 0 aliphatic carbocycles. The molecule has 0 spiro atoms. The summed E-state index contributed by atoms with van der Waals surface area (Å²) in [4.78, 5) is 0. The SMILES string of the molecule is OCCOc1ccccc1OCc1cccc(F)c1F. The van der Waals surface area contributed by atoms with Crippen molar-refractivity contribution >= 4 is 0 Å². The Morgan fingerprint density at radius 3 is 2.30 bits per heavy atom. The van der Waals surface area contributed by atoms with E-state index < -0.39 is 11.6 Å². The Hall–Kier alpha value is -2.14. The lowest BCUT2D eigenvalue weighted by Gasteiger charge is -2.12. The summed E-state index contributed by atoms with van der Waals surface area (Å²) in [6.45, 7) is -0.0926. The zero-order chi connectivity index (χ0) is 14.4. The van der Waals surface area contributed by atoms with Crippen molar-refractivity contribution < 1.29 is 23.4 Å². The van der Waals surface area contributed by atoms with E-state index in [1.807, 2.05) is 0 Å². The molecule has 3 nitrogen and oxygen atoms in total. The van der Waals surface area contributed by atoms with Gasteiger partial charge in [-0.05, 0) is 18.2 Å². The van der Waals surface area contributed by atoms with E-state index in [1.54, 1.807) is 24.3 Å². The van der Waals surface area contributed by atoms with Crippen molar-refractivity contribution in [3.63, 3.8) is 0 Å². The number of halogens is 2. The lowest BCUT2D eigenvalue weighted by Crippen LogP contribution is -2.05. The zero-order valence-corrected chi connectivity index (χ0v) is 10.7. The Labute approximate surface area is 115 Å². The van der Waals surface area contributed by atoms with Crippen LogP contribution in [-0.2, 0) is 6.61 Å². The fourth-order valence-corrected chi connectivity index (χ4v) is 1.66. The second-order valence-electron chi connectivity index (χ2n) is 4.02. The second kappa shape index (κ2) is 6.86. The van der Waals surface area contributed by atoms with E-state index in [9.17, 15) is 8.78 Å². The van der Waals surface area contributed by atoms with Crippen LogP contribution in [-0.4, -0.2) is 18.3 Å². The average molecular weight is 280 g/mol. The Morgan fingerprint density at radius 2 is 1.60 bits per heavy atom. The van der Waals surface area contributed by atoms with Crippen LogP contribution in [0.2, 0.25) is 0 Å². The van der Waals surface area contributed by atoms with E-state index in [1.165, 1.54) is 12.1 Å². The Balaban J connectivity index is 2.09. The van der Waals surface area contributed by atoms with E-state index in [4.69, 9.17) is 14.6 Å². The molecule has 0 atom stereocenters. The number of aliphatic hydroxyl groups excluding tert-OH is 1. The molecule has 0 bridgehead atoms. The maximum absolute atomic E-state index is 13.5. The smallest absolute Gasteiger partial charge is 0.165 e. The van der Waals surface area contributed by atoms with Gasteiger partial charge in [0, 0.05) is 5.56 Å². The molecule has 0 aliphatic heterocycles. The summed E-state index contributed by atoms with van der Waals surface area (Å²) in [5.74, 6) is -0.972. The van der Waals surface area contributed by atoms with Crippen molar-refractivity contribution in [1.29, 1.82) is 0 Å². The van der Waals surface area contributed by atoms with Crippen molar-refractivity contribution in [2.45, 2.75) is 6.61 Å². The van der Waals surface area contributed by atoms with Crippen LogP contribution in [0.15, 0.2) is 42.5 Å². The Morgan fingerprint density at radius 1 is 0.900 bits per heavy atom. The van der Waals surface area contributed by atoms with Gasteiger partial charge in [0.15, 0.2) is 23.1 Å². The van der Waals surface area contributed by atoms with Gasteiger partial charge in [0.2, 0.25) is 0 Å². The summed E-state index contributed by atoms with van der Waals surface area (Å²) in [5, 5.41) is 8.74. The molecule has 20 heavy (non-hydrogen) atoms. The van der Waals surface area contributed by atoms with E-state index in [-0.39, 0.29) is 25.4 Å². The van der Waals surface area contributed by atoms with Crippen LogP contribution in [0.25, 0.3) is 0 Å². The highest BCUT2D eigenvalue weighted by Crippen LogP contribution is 2.27. The second-order valence-corrected chi connectivity index (χ2v) is 4.02. The molecule has 2 aromatic carbocycles. The summed E-state index contributed by atoms with van der Waals surface area (Å²) in [6, 6.07) is 10.8. The highest BCUT2D eigenvalue weighted by molar-refractivity contribution is 5.39. The minimum Gasteiger partial charge on any atom is -0.487 e. The van der Waals surface area contributed by atoms with E-state index in [0.717, 1.165) is 6.07 Å². The molecule has 0 heterocycles. The Bertz CT molecular complexity index is 573. The lowest BCUT2D eigenvalue weighted by molar-refractivity contribution is 0.192. The van der Waals surface area contributed by atoms with E-state index in [2.05, 4.69) is 0 Å². The summed E-state index contributed by atoms with van der Waals surface area (Å²) >= 11 is 0. The Kier molecular flexibility index (Phi) is 4.90. The van der Waals surface area contributed by atoms with Gasteiger partial charge >= 0.3 is 0 Å². The first kappa shape index (κ1) is 14.3. The van der Waals surface area contributed by atoms with E-state index >= 15 is 0 Å². The summed E-state index contributed by atoms with van der Waals surface area (Å²) in [6.07, 6.45) is 0. The molecule has 0 radical (unpaired) electrons. The van der Waals surface area contributed by atoms with Gasteiger partial charge in [-0.1, -0.05) is 24.3 Å². The zero-order valence-electron chi connectivity index (χ0n) is 10.7. The number of hydrogen-bond acceptors (Lipinski definition) is 3. The van der Waals surface area contributed by atoms with E-state index in [0.29, 0.717) is 11.5 Å². The van der Waals surface area contributed by atoms with Crippen LogP contribution in [0.5, 0.6) is 11.5 Å². The van der Waals surface area contributed by atoms with Crippen molar-refractivity contribution in [2.24, 2.45) is 0 Å². The number of benzene rings is 2. The predicted molar refractivity (Wildman–Crippen MR) is 69.7 cm³/mol. The highest BCUT2D eigenvalue weighted by Gasteiger charge is 2.10. The maximum Gasteiger partial charge on any atom is 0.165 e. The molecule has 2 aromatic rings. The molecule has 1 N–H and O–H groups in total. The first-order chi connectivity index (χ1) is 9.72. The molecule has 106 valence electrons. The maximum atomic E-state index is 13.5. The predicted octanol–water partition coefficient (Wildman–Crippen LogP) is 2.91. The molecular formula is C15H14F2O3.